The molecule has 0 radical (unpaired) electrons. The maximum Gasteiger partial charge on any atom is 0.112 e. The molecule has 1 heterocycles. The van der Waals surface area contributed by atoms with E-state index < -0.39 is 0 Å². The number of rotatable bonds is 3. The summed E-state index contributed by atoms with van der Waals surface area (Å²) in [7, 11) is 0. The zero-order valence-corrected chi connectivity index (χ0v) is 12.7. The molecule has 4 rings (SSSR count). The summed E-state index contributed by atoms with van der Waals surface area (Å²) in [6, 6.07) is 15.3. The number of aromatic nitrogens is 1. The van der Waals surface area contributed by atoms with E-state index in [2.05, 4.69) is 58.1 Å². The summed E-state index contributed by atoms with van der Waals surface area (Å²) in [5.74, 6) is 0. The topological polar surface area (TPSA) is 24.9 Å². The zero-order valence-electron chi connectivity index (χ0n) is 11.9. The van der Waals surface area contributed by atoms with Crippen LogP contribution in [0.3, 0.4) is 0 Å². The van der Waals surface area contributed by atoms with E-state index in [4.69, 9.17) is 0 Å². The Kier molecular flexibility index (Phi) is 3.00. The summed E-state index contributed by atoms with van der Waals surface area (Å²) in [4.78, 5) is 4.49. The maximum absolute atomic E-state index is 4.49. The average Bonchev–Trinajstić information content (AvgIpc) is 3.07. The van der Waals surface area contributed by atoms with Crippen LogP contribution < -0.4 is 5.32 Å². The molecule has 3 heteroatoms. The molecule has 1 N–H and O–H groups in total. The number of fused-ring (bicyclic) bond motifs is 3. The van der Waals surface area contributed by atoms with E-state index in [1.54, 1.807) is 11.3 Å². The average molecular weight is 292 g/mol. The van der Waals surface area contributed by atoms with Gasteiger partial charge in [0.2, 0.25) is 0 Å². The zero-order chi connectivity index (χ0) is 14.2. The summed E-state index contributed by atoms with van der Waals surface area (Å²) in [5.41, 5.74) is 7.88. The summed E-state index contributed by atoms with van der Waals surface area (Å²) in [6.07, 6.45) is 1.04. The third-order valence-corrected chi connectivity index (χ3v) is 4.87. The Morgan fingerprint density at radius 2 is 1.95 bits per heavy atom. The molecule has 1 aromatic heterocycles. The predicted molar refractivity (Wildman–Crippen MR) is 88.9 cm³/mol. The Labute approximate surface area is 128 Å². The fourth-order valence-electron chi connectivity index (χ4n) is 2.92. The monoisotopic (exact) mass is 292 g/mol. The van der Waals surface area contributed by atoms with Crippen molar-refractivity contribution >= 4 is 17.0 Å². The number of nitrogens with one attached hydrogen (secondary N) is 1. The fraction of sp³-hybridized carbons (Fsp3) is 0.167. The summed E-state index contributed by atoms with van der Waals surface area (Å²) in [5, 5.41) is 6.71. The molecule has 0 fully saturated rings. The number of nitrogens with zero attached hydrogens (tertiary/aromatic N) is 1. The van der Waals surface area contributed by atoms with Gasteiger partial charge in [0, 0.05) is 16.8 Å². The lowest BCUT2D eigenvalue weighted by Crippen LogP contribution is -1.99. The first-order valence-electron chi connectivity index (χ1n) is 7.16. The van der Waals surface area contributed by atoms with Crippen molar-refractivity contribution in [3.63, 3.8) is 0 Å². The Hall–Kier alpha value is -2.13. The fourth-order valence-corrected chi connectivity index (χ4v) is 3.63. The van der Waals surface area contributed by atoms with Gasteiger partial charge in [-0.05, 0) is 47.7 Å². The van der Waals surface area contributed by atoms with Crippen LogP contribution in [-0.2, 0) is 13.0 Å². The molecule has 104 valence electrons. The molecule has 21 heavy (non-hydrogen) atoms. The van der Waals surface area contributed by atoms with Crippen LogP contribution in [0.1, 0.15) is 21.8 Å². The first-order chi connectivity index (χ1) is 10.3. The minimum Gasteiger partial charge on any atom is -0.379 e. The van der Waals surface area contributed by atoms with Crippen molar-refractivity contribution in [2.75, 3.05) is 5.32 Å². The second-order valence-corrected chi connectivity index (χ2v) is 6.38. The maximum atomic E-state index is 4.49. The van der Waals surface area contributed by atoms with Gasteiger partial charge in [-0.2, -0.15) is 0 Å². The van der Waals surface area contributed by atoms with E-state index in [1.807, 2.05) is 6.92 Å². The molecule has 0 amide bonds. The van der Waals surface area contributed by atoms with Gasteiger partial charge in [-0.25, -0.2) is 4.98 Å². The number of hydrogen-bond acceptors (Lipinski definition) is 3. The van der Waals surface area contributed by atoms with Gasteiger partial charge < -0.3 is 5.32 Å². The second kappa shape index (κ2) is 5.01. The van der Waals surface area contributed by atoms with E-state index in [0.29, 0.717) is 0 Å². The van der Waals surface area contributed by atoms with Gasteiger partial charge in [-0.3, -0.25) is 0 Å². The highest BCUT2D eigenvalue weighted by molar-refractivity contribution is 7.09. The van der Waals surface area contributed by atoms with Crippen molar-refractivity contribution in [2.45, 2.75) is 19.9 Å². The van der Waals surface area contributed by atoms with Crippen molar-refractivity contribution in [2.24, 2.45) is 0 Å². The van der Waals surface area contributed by atoms with Crippen molar-refractivity contribution < 1.29 is 0 Å². The van der Waals surface area contributed by atoms with E-state index in [1.165, 1.54) is 27.9 Å². The normalized spacial score (nSPS) is 12.0. The first kappa shape index (κ1) is 12.6. The van der Waals surface area contributed by atoms with Crippen LogP contribution in [0, 0.1) is 6.92 Å². The van der Waals surface area contributed by atoms with Crippen LogP contribution in [0.15, 0.2) is 47.8 Å². The quantitative estimate of drug-likeness (QED) is 0.595. The van der Waals surface area contributed by atoms with Gasteiger partial charge in [-0.15, -0.1) is 11.3 Å². The van der Waals surface area contributed by atoms with Crippen LogP contribution in [0.4, 0.5) is 5.69 Å². The van der Waals surface area contributed by atoms with Crippen molar-refractivity contribution in [1.29, 1.82) is 0 Å². The Morgan fingerprint density at radius 1 is 1.10 bits per heavy atom. The third kappa shape index (κ3) is 2.34. The molecule has 0 unspecified atom stereocenters. The number of aryl methyl sites for hydroxylation is 1. The van der Waals surface area contributed by atoms with Gasteiger partial charge in [-0.1, -0.05) is 30.3 Å². The molecule has 0 saturated heterocycles. The van der Waals surface area contributed by atoms with Crippen LogP contribution in [0.25, 0.3) is 11.1 Å². The van der Waals surface area contributed by atoms with E-state index in [-0.39, 0.29) is 0 Å². The van der Waals surface area contributed by atoms with Gasteiger partial charge in [0.1, 0.15) is 5.01 Å². The standard InChI is InChI=1S/C18H16N2S/c1-12-11-21-18(20-12)10-19-15-6-7-17-14(9-15)8-13-4-2-3-5-16(13)17/h2-7,9,11,19H,8,10H2,1H3. The molecule has 0 atom stereocenters. The summed E-state index contributed by atoms with van der Waals surface area (Å²) in [6.45, 7) is 2.83. The highest BCUT2D eigenvalue weighted by Crippen LogP contribution is 2.37. The van der Waals surface area contributed by atoms with Crippen LogP contribution >= 0.6 is 11.3 Å². The minimum atomic E-state index is 0.796. The second-order valence-electron chi connectivity index (χ2n) is 5.44. The highest BCUT2D eigenvalue weighted by Gasteiger charge is 2.17. The third-order valence-electron chi connectivity index (χ3n) is 3.90. The Morgan fingerprint density at radius 3 is 2.81 bits per heavy atom. The molecule has 0 bridgehead atoms. The lowest BCUT2D eigenvalue weighted by atomic mass is 10.1. The molecule has 0 saturated carbocycles. The van der Waals surface area contributed by atoms with Crippen LogP contribution in [0.2, 0.25) is 0 Å². The molecule has 3 aromatic rings. The summed E-state index contributed by atoms with van der Waals surface area (Å²) >= 11 is 1.71. The number of anilines is 1. The number of thiazole rings is 1. The van der Waals surface area contributed by atoms with E-state index in [0.717, 1.165) is 23.7 Å². The molecule has 2 nitrogen and oxygen atoms in total. The van der Waals surface area contributed by atoms with Crippen molar-refractivity contribution in [1.82, 2.24) is 4.98 Å². The number of benzene rings is 2. The van der Waals surface area contributed by atoms with E-state index in [9.17, 15) is 0 Å². The van der Waals surface area contributed by atoms with Gasteiger partial charge >= 0.3 is 0 Å². The molecule has 0 spiro atoms. The van der Waals surface area contributed by atoms with Crippen molar-refractivity contribution in [3.8, 4) is 11.1 Å². The Balaban J connectivity index is 1.56. The lowest BCUT2D eigenvalue weighted by molar-refractivity contribution is 1.07. The SMILES string of the molecule is Cc1csc(CNc2ccc3c(c2)Cc2ccccc2-3)n1. The molecule has 1 aliphatic rings. The molecular formula is C18H16N2S. The van der Waals surface area contributed by atoms with Crippen LogP contribution in [-0.4, -0.2) is 4.98 Å². The predicted octanol–water partition coefficient (Wildman–Crippen LogP) is 4.63. The van der Waals surface area contributed by atoms with Gasteiger partial charge in [0.05, 0.1) is 6.54 Å². The summed E-state index contributed by atoms with van der Waals surface area (Å²) < 4.78 is 0. The Bertz CT molecular complexity index is 804. The molecule has 2 aromatic carbocycles. The smallest absolute Gasteiger partial charge is 0.112 e. The van der Waals surface area contributed by atoms with E-state index >= 15 is 0 Å². The lowest BCUT2D eigenvalue weighted by Gasteiger charge is -2.07. The number of hydrogen-bond donors (Lipinski definition) is 1. The molecular weight excluding hydrogens is 276 g/mol. The van der Waals surface area contributed by atoms with Crippen LogP contribution in [0.5, 0.6) is 0 Å². The largest absolute Gasteiger partial charge is 0.379 e. The van der Waals surface area contributed by atoms with Gasteiger partial charge in [0.15, 0.2) is 0 Å². The van der Waals surface area contributed by atoms with Gasteiger partial charge in [0.25, 0.3) is 0 Å². The molecule has 1 aliphatic carbocycles. The minimum absolute atomic E-state index is 0.796. The van der Waals surface area contributed by atoms with Crippen molar-refractivity contribution in [3.05, 3.63) is 69.7 Å². The first-order valence-corrected chi connectivity index (χ1v) is 8.03. The highest BCUT2D eigenvalue weighted by atomic mass is 32.1. The molecule has 0 aliphatic heterocycles.